The molecule has 0 saturated carbocycles. The van der Waals surface area contributed by atoms with Crippen LogP contribution in [0.15, 0.2) is 62.7 Å². The van der Waals surface area contributed by atoms with Gasteiger partial charge in [0.05, 0.1) is 17.1 Å². The Morgan fingerprint density at radius 2 is 1.78 bits per heavy atom. The molecule has 1 amide bonds. The number of nitrogens with zero attached hydrogens (tertiary/aromatic N) is 2. The average Bonchev–Trinajstić information content (AvgIpc) is 3.16. The fourth-order valence-corrected chi connectivity index (χ4v) is 5.15. The Morgan fingerprint density at radius 1 is 1.09 bits per heavy atom. The molecular formula is C22H24ClN3O4S2. The number of carbonyl (C=O) groups is 1. The molecule has 1 heterocycles. The van der Waals surface area contributed by atoms with Crippen molar-refractivity contribution in [3.05, 3.63) is 65.0 Å². The molecule has 0 unspecified atom stereocenters. The lowest BCUT2D eigenvalue weighted by Gasteiger charge is -2.05. The maximum absolute atomic E-state index is 12.3. The van der Waals surface area contributed by atoms with Crippen LogP contribution < -0.4 is 5.32 Å². The van der Waals surface area contributed by atoms with Crippen LogP contribution in [0.1, 0.15) is 38.1 Å². The van der Waals surface area contributed by atoms with Gasteiger partial charge in [-0.1, -0.05) is 42.7 Å². The highest BCUT2D eigenvalue weighted by Gasteiger charge is 2.16. The van der Waals surface area contributed by atoms with Crippen molar-refractivity contribution in [3.8, 4) is 0 Å². The van der Waals surface area contributed by atoms with Crippen molar-refractivity contribution in [2.75, 3.05) is 11.1 Å². The maximum Gasteiger partial charge on any atom is 0.322 e. The second-order valence-corrected chi connectivity index (χ2v) is 11.6. The summed E-state index contributed by atoms with van der Waals surface area (Å²) in [7, 11) is -3.48. The molecule has 1 aromatic heterocycles. The van der Waals surface area contributed by atoms with E-state index < -0.39 is 9.84 Å². The summed E-state index contributed by atoms with van der Waals surface area (Å²) in [5.41, 5.74) is 1.02. The molecule has 0 radical (unpaired) electrons. The van der Waals surface area contributed by atoms with E-state index in [0.717, 1.165) is 5.56 Å². The van der Waals surface area contributed by atoms with E-state index in [1.165, 1.54) is 29.2 Å². The van der Waals surface area contributed by atoms with Gasteiger partial charge in [0.25, 0.3) is 0 Å². The number of thioether (sulfide) groups is 1. The fraction of sp³-hybridized carbons (Fsp3) is 0.318. The SMILES string of the molecule is CC(C)Sc1ccc(Cc2nnc(NC(=O)CCCS(=O)(=O)c3ccc(Cl)cc3)o2)cc1. The summed E-state index contributed by atoms with van der Waals surface area (Å²) >= 11 is 7.58. The van der Waals surface area contributed by atoms with Gasteiger partial charge in [0.2, 0.25) is 11.8 Å². The van der Waals surface area contributed by atoms with Gasteiger partial charge >= 0.3 is 6.01 Å². The zero-order valence-electron chi connectivity index (χ0n) is 17.7. The number of sulfone groups is 1. The normalized spacial score (nSPS) is 11.6. The van der Waals surface area contributed by atoms with Gasteiger partial charge in [-0.25, -0.2) is 8.42 Å². The zero-order valence-corrected chi connectivity index (χ0v) is 20.1. The van der Waals surface area contributed by atoms with Crippen LogP contribution >= 0.6 is 23.4 Å². The molecule has 2 aromatic carbocycles. The van der Waals surface area contributed by atoms with Crippen molar-refractivity contribution in [3.63, 3.8) is 0 Å². The molecule has 0 bridgehead atoms. The Morgan fingerprint density at radius 3 is 2.44 bits per heavy atom. The number of anilines is 1. The third kappa shape index (κ3) is 7.36. The lowest BCUT2D eigenvalue weighted by Crippen LogP contribution is -2.14. The molecule has 0 saturated heterocycles. The lowest BCUT2D eigenvalue weighted by atomic mass is 10.1. The minimum absolute atomic E-state index is 0.00228. The van der Waals surface area contributed by atoms with Gasteiger partial charge in [-0.3, -0.25) is 10.1 Å². The fourth-order valence-electron chi connectivity index (χ4n) is 2.87. The van der Waals surface area contributed by atoms with Gasteiger partial charge in [0, 0.05) is 21.6 Å². The third-order valence-electron chi connectivity index (χ3n) is 4.35. The predicted octanol–water partition coefficient (Wildman–Crippen LogP) is 5.01. The predicted molar refractivity (Wildman–Crippen MR) is 126 cm³/mol. The second kappa shape index (κ2) is 11.0. The Labute approximate surface area is 196 Å². The highest BCUT2D eigenvalue weighted by atomic mass is 35.5. The first-order valence-electron chi connectivity index (χ1n) is 10.1. The van der Waals surface area contributed by atoms with Crippen LogP contribution in [-0.4, -0.2) is 35.5 Å². The van der Waals surface area contributed by atoms with Crippen molar-refractivity contribution in [1.29, 1.82) is 0 Å². The number of hydrogen-bond acceptors (Lipinski definition) is 7. The minimum Gasteiger partial charge on any atom is -0.407 e. The quantitative estimate of drug-likeness (QED) is 0.396. The van der Waals surface area contributed by atoms with Crippen molar-refractivity contribution in [2.45, 2.75) is 48.2 Å². The minimum atomic E-state index is -3.48. The number of hydrogen-bond donors (Lipinski definition) is 1. The van der Waals surface area contributed by atoms with E-state index in [-0.39, 0.29) is 35.4 Å². The van der Waals surface area contributed by atoms with Gasteiger partial charge in [0.1, 0.15) is 0 Å². The van der Waals surface area contributed by atoms with Crippen LogP contribution in [0, 0.1) is 0 Å². The van der Waals surface area contributed by atoms with Gasteiger partial charge in [-0.15, -0.1) is 16.9 Å². The summed E-state index contributed by atoms with van der Waals surface area (Å²) in [6.45, 7) is 4.29. The number of amides is 1. The molecule has 7 nitrogen and oxygen atoms in total. The van der Waals surface area contributed by atoms with Crippen molar-refractivity contribution < 1.29 is 17.6 Å². The monoisotopic (exact) mass is 493 g/mol. The van der Waals surface area contributed by atoms with E-state index in [1.807, 2.05) is 12.1 Å². The lowest BCUT2D eigenvalue weighted by molar-refractivity contribution is -0.116. The van der Waals surface area contributed by atoms with E-state index in [0.29, 0.717) is 22.6 Å². The number of carbonyl (C=O) groups excluding carboxylic acids is 1. The van der Waals surface area contributed by atoms with Crippen molar-refractivity contribution in [1.82, 2.24) is 10.2 Å². The molecule has 0 aliphatic carbocycles. The Bertz CT molecular complexity index is 1140. The van der Waals surface area contributed by atoms with Crippen LogP contribution in [-0.2, 0) is 21.1 Å². The Kier molecular flexibility index (Phi) is 8.33. The number of rotatable bonds is 10. The van der Waals surface area contributed by atoms with Crippen LogP contribution in [0.3, 0.4) is 0 Å². The molecular weight excluding hydrogens is 470 g/mol. The van der Waals surface area contributed by atoms with Gasteiger partial charge in [-0.05, 0) is 48.4 Å². The number of nitrogens with one attached hydrogen (secondary N) is 1. The van der Waals surface area contributed by atoms with Crippen LogP contribution in [0.4, 0.5) is 6.01 Å². The van der Waals surface area contributed by atoms with Crippen LogP contribution in [0.5, 0.6) is 0 Å². The number of benzene rings is 2. The molecule has 32 heavy (non-hydrogen) atoms. The molecule has 170 valence electrons. The summed E-state index contributed by atoms with van der Waals surface area (Å²) in [6, 6.07) is 14.1. The zero-order chi connectivity index (χ0) is 23.1. The maximum atomic E-state index is 12.3. The summed E-state index contributed by atoms with van der Waals surface area (Å²) in [4.78, 5) is 13.5. The highest BCUT2D eigenvalue weighted by Crippen LogP contribution is 2.23. The molecule has 0 fully saturated rings. The van der Waals surface area contributed by atoms with Crippen LogP contribution in [0.25, 0.3) is 0 Å². The molecule has 0 spiro atoms. The van der Waals surface area contributed by atoms with Crippen molar-refractivity contribution >= 4 is 45.1 Å². The first-order valence-corrected chi connectivity index (χ1v) is 13.0. The van der Waals surface area contributed by atoms with E-state index in [9.17, 15) is 13.2 Å². The van der Waals surface area contributed by atoms with Gasteiger partial charge in [-0.2, -0.15) is 0 Å². The van der Waals surface area contributed by atoms with Gasteiger partial charge < -0.3 is 4.42 Å². The van der Waals surface area contributed by atoms with E-state index in [2.05, 4.69) is 41.5 Å². The van der Waals surface area contributed by atoms with E-state index >= 15 is 0 Å². The first kappa shape index (κ1) is 24.3. The number of halogens is 1. The average molecular weight is 494 g/mol. The molecule has 0 atom stereocenters. The third-order valence-corrected chi connectivity index (χ3v) is 7.44. The smallest absolute Gasteiger partial charge is 0.322 e. The largest absolute Gasteiger partial charge is 0.407 e. The topological polar surface area (TPSA) is 102 Å². The summed E-state index contributed by atoms with van der Waals surface area (Å²) < 4.78 is 30.1. The second-order valence-electron chi connectivity index (χ2n) is 7.41. The standard InChI is InChI=1S/C22H24ClN3O4S2/c1-15(2)31-18-9-5-16(6-10-18)14-21-25-26-22(30-21)24-20(27)4-3-13-32(28,29)19-11-7-17(23)8-12-19/h5-12,15H,3-4,13-14H2,1-2H3,(H,24,26,27). The molecule has 3 aromatic rings. The molecule has 0 aliphatic heterocycles. The molecule has 1 N–H and O–H groups in total. The van der Waals surface area contributed by atoms with Crippen molar-refractivity contribution in [2.24, 2.45) is 0 Å². The first-order chi connectivity index (χ1) is 15.2. The highest BCUT2D eigenvalue weighted by molar-refractivity contribution is 7.99. The molecule has 10 heteroatoms. The summed E-state index contributed by atoms with van der Waals surface area (Å²) in [5, 5.41) is 11.3. The number of aromatic nitrogens is 2. The van der Waals surface area contributed by atoms with Gasteiger partial charge in [0.15, 0.2) is 9.84 Å². The summed E-state index contributed by atoms with van der Waals surface area (Å²) in [6.07, 6.45) is 0.632. The molecule has 3 rings (SSSR count). The van der Waals surface area contributed by atoms with E-state index in [1.54, 1.807) is 11.8 Å². The van der Waals surface area contributed by atoms with Crippen LogP contribution in [0.2, 0.25) is 5.02 Å². The van der Waals surface area contributed by atoms with E-state index in [4.69, 9.17) is 16.0 Å². The Balaban J connectivity index is 1.46. The Hall–Kier alpha value is -2.36. The molecule has 0 aliphatic rings. The summed E-state index contributed by atoms with van der Waals surface area (Å²) in [5.74, 6) is -0.154.